The van der Waals surface area contributed by atoms with Crippen molar-refractivity contribution in [2.24, 2.45) is 0 Å². The van der Waals surface area contributed by atoms with Gasteiger partial charge >= 0.3 is 0 Å². The molecule has 2 aliphatic heterocycles. The van der Waals surface area contributed by atoms with Gasteiger partial charge in [-0.15, -0.1) is 0 Å². The van der Waals surface area contributed by atoms with Gasteiger partial charge in [-0.1, -0.05) is 18.2 Å². The van der Waals surface area contributed by atoms with Crippen molar-refractivity contribution in [3.05, 3.63) is 35.9 Å². The molecule has 0 spiro atoms. The molecule has 1 aromatic rings. The van der Waals surface area contributed by atoms with Crippen molar-refractivity contribution in [2.75, 3.05) is 25.4 Å². The Morgan fingerprint density at radius 2 is 1.96 bits per heavy atom. The molecule has 3 atom stereocenters. The van der Waals surface area contributed by atoms with Crippen LogP contribution in [-0.4, -0.2) is 63.4 Å². The Labute approximate surface area is 159 Å². The van der Waals surface area contributed by atoms with E-state index >= 15 is 0 Å². The van der Waals surface area contributed by atoms with Crippen LogP contribution < -0.4 is 10.0 Å². The van der Waals surface area contributed by atoms with Crippen LogP contribution in [0.2, 0.25) is 0 Å². The van der Waals surface area contributed by atoms with Crippen molar-refractivity contribution in [3.8, 4) is 0 Å². The average Bonchev–Trinajstić information content (AvgIpc) is 3.09. The predicted molar refractivity (Wildman–Crippen MR) is 98.7 cm³/mol. The fourth-order valence-electron chi connectivity index (χ4n) is 3.43. The lowest BCUT2D eigenvalue weighted by Crippen LogP contribution is -2.52. The Morgan fingerprint density at radius 3 is 2.63 bits per heavy atom. The lowest BCUT2D eigenvalue weighted by molar-refractivity contribution is -0.188. The molecule has 1 aromatic carbocycles. The summed E-state index contributed by atoms with van der Waals surface area (Å²) in [7, 11) is -3.34. The van der Waals surface area contributed by atoms with Crippen molar-refractivity contribution >= 4 is 15.9 Å². The van der Waals surface area contributed by atoms with E-state index in [1.165, 1.54) is 0 Å². The van der Waals surface area contributed by atoms with E-state index in [4.69, 9.17) is 14.2 Å². The molecular weight excluding hydrogens is 372 g/mol. The average molecular weight is 398 g/mol. The zero-order valence-electron chi connectivity index (χ0n) is 15.7. The number of nitrogens with one attached hydrogen (secondary N) is 2. The summed E-state index contributed by atoms with van der Waals surface area (Å²) in [5, 5.41) is 2.88. The van der Waals surface area contributed by atoms with E-state index in [1.807, 2.05) is 6.07 Å². The van der Waals surface area contributed by atoms with Gasteiger partial charge in [-0.3, -0.25) is 4.79 Å². The molecule has 1 amide bonds. The van der Waals surface area contributed by atoms with E-state index < -0.39 is 33.6 Å². The highest BCUT2D eigenvalue weighted by Crippen LogP contribution is 2.43. The highest BCUT2D eigenvalue weighted by Gasteiger charge is 2.61. The maximum atomic E-state index is 12.4. The number of fused-ring (bicyclic) bond motifs is 1. The van der Waals surface area contributed by atoms with Crippen molar-refractivity contribution < 1.29 is 27.4 Å². The second kappa shape index (κ2) is 7.48. The van der Waals surface area contributed by atoms with Gasteiger partial charge in [-0.05, 0) is 32.9 Å². The molecule has 2 heterocycles. The SMILES string of the molecule is CCS(=O)(=O)NC[C@H]1OC[C@]2(CNC(=O)c3ccccc3)OC(C)(C)O[C@H]12. The summed E-state index contributed by atoms with van der Waals surface area (Å²) >= 11 is 0. The number of hydrogen-bond acceptors (Lipinski definition) is 6. The molecule has 27 heavy (non-hydrogen) atoms. The van der Waals surface area contributed by atoms with E-state index in [-0.39, 0.29) is 31.4 Å². The molecule has 150 valence electrons. The number of benzene rings is 1. The largest absolute Gasteiger partial charge is 0.371 e. The maximum absolute atomic E-state index is 12.4. The first-order valence-electron chi connectivity index (χ1n) is 8.96. The fraction of sp³-hybridized carbons (Fsp3) is 0.611. The molecular formula is C18H26N2O6S. The molecule has 2 aliphatic rings. The standard InChI is InChI=1S/C18H26N2O6S/c1-4-27(22,23)20-10-14-15-18(12-24-14,26-17(2,3)25-15)11-19-16(21)13-8-6-5-7-9-13/h5-9,14-15,20H,4,10-12H2,1-3H3,(H,19,21)/t14-,15-,18+/m1/s1. The monoisotopic (exact) mass is 398 g/mol. The minimum Gasteiger partial charge on any atom is -0.371 e. The molecule has 2 saturated heterocycles. The minimum atomic E-state index is -3.34. The van der Waals surface area contributed by atoms with E-state index in [0.29, 0.717) is 5.56 Å². The van der Waals surface area contributed by atoms with Crippen LogP contribution in [0.1, 0.15) is 31.1 Å². The quantitative estimate of drug-likeness (QED) is 0.699. The normalized spacial score (nSPS) is 29.4. The van der Waals surface area contributed by atoms with Gasteiger partial charge < -0.3 is 19.5 Å². The molecule has 0 radical (unpaired) electrons. The van der Waals surface area contributed by atoms with Crippen LogP contribution in [0, 0.1) is 0 Å². The Balaban J connectivity index is 1.69. The van der Waals surface area contributed by atoms with Crippen LogP contribution in [0.15, 0.2) is 30.3 Å². The van der Waals surface area contributed by atoms with Crippen molar-refractivity contribution in [1.29, 1.82) is 0 Å². The highest BCUT2D eigenvalue weighted by molar-refractivity contribution is 7.89. The summed E-state index contributed by atoms with van der Waals surface area (Å²) in [4.78, 5) is 12.4. The third kappa shape index (κ3) is 4.49. The van der Waals surface area contributed by atoms with E-state index in [2.05, 4.69) is 10.0 Å². The van der Waals surface area contributed by atoms with Gasteiger partial charge in [-0.2, -0.15) is 0 Å². The van der Waals surface area contributed by atoms with Crippen molar-refractivity contribution in [2.45, 2.75) is 44.4 Å². The van der Waals surface area contributed by atoms with E-state index in [1.54, 1.807) is 45.0 Å². The van der Waals surface area contributed by atoms with Crippen LogP contribution >= 0.6 is 0 Å². The zero-order valence-corrected chi connectivity index (χ0v) is 16.5. The summed E-state index contributed by atoms with van der Waals surface area (Å²) in [5.74, 6) is -1.08. The molecule has 9 heteroatoms. The molecule has 0 aromatic heterocycles. The number of carbonyl (C=O) groups excluding carboxylic acids is 1. The van der Waals surface area contributed by atoms with Gasteiger partial charge in [0.2, 0.25) is 10.0 Å². The van der Waals surface area contributed by atoms with Crippen LogP contribution in [0.3, 0.4) is 0 Å². The number of amides is 1. The summed E-state index contributed by atoms with van der Waals surface area (Å²) in [6, 6.07) is 8.89. The van der Waals surface area contributed by atoms with E-state index in [0.717, 1.165) is 0 Å². The lowest BCUT2D eigenvalue weighted by Gasteiger charge is -2.27. The molecule has 2 N–H and O–H groups in total. The first-order chi connectivity index (χ1) is 12.7. The van der Waals surface area contributed by atoms with Crippen LogP contribution in [0.5, 0.6) is 0 Å². The predicted octanol–water partition coefficient (Wildman–Crippen LogP) is 0.645. The third-order valence-corrected chi connectivity index (χ3v) is 6.09. The minimum absolute atomic E-state index is 0.00842. The number of ether oxygens (including phenoxy) is 3. The number of hydrogen-bond donors (Lipinski definition) is 2. The Morgan fingerprint density at radius 1 is 1.26 bits per heavy atom. The van der Waals surface area contributed by atoms with Gasteiger partial charge in [0.25, 0.3) is 5.91 Å². The lowest BCUT2D eigenvalue weighted by atomic mass is 9.96. The smallest absolute Gasteiger partial charge is 0.251 e. The Bertz CT molecular complexity index is 782. The molecule has 2 fully saturated rings. The Kier molecular flexibility index (Phi) is 5.60. The highest BCUT2D eigenvalue weighted by atomic mass is 32.2. The van der Waals surface area contributed by atoms with Crippen molar-refractivity contribution in [3.63, 3.8) is 0 Å². The molecule has 0 aliphatic carbocycles. The summed E-state index contributed by atoms with van der Waals surface area (Å²) < 4.78 is 43.8. The number of rotatable bonds is 7. The fourth-order valence-corrected chi connectivity index (χ4v) is 4.06. The van der Waals surface area contributed by atoms with Gasteiger partial charge in [0, 0.05) is 12.1 Å². The maximum Gasteiger partial charge on any atom is 0.251 e. The van der Waals surface area contributed by atoms with Gasteiger partial charge in [0.05, 0.1) is 18.9 Å². The second-order valence-corrected chi connectivity index (χ2v) is 9.35. The third-order valence-electron chi connectivity index (χ3n) is 4.73. The van der Waals surface area contributed by atoms with Gasteiger partial charge in [-0.25, -0.2) is 13.1 Å². The molecule has 8 nitrogen and oxygen atoms in total. The van der Waals surface area contributed by atoms with E-state index in [9.17, 15) is 13.2 Å². The second-order valence-electron chi connectivity index (χ2n) is 7.26. The number of carbonyl (C=O) groups is 1. The molecule has 0 bridgehead atoms. The van der Waals surface area contributed by atoms with Crippen molar-refractivity contribution in [1.82, 2.24) is 10.0 Å². The summed E-state index contributed by atoms with van der Waals surface area (Å²) in [5.41, 5.74) is -0.314. The molecule has 0 saturated carbocycles. The molecule has 0 unspecified atom stereocenters. The Hall–Kier alpha value is -1.52. The van der Waals surface area contributed by atoms with Crippen LogP contribution in [0.4, 0.5) is 0 Å². The summed E-state index contributed by atoms with van der Waals surface area (Å²) in [6.45, 7) is 5.65. The van der Waals surface area contributed by atoms with Crippen LogP contribution in [-0.2, 0) is 24.2 Å². The van der Waals surface area contributed by atoms with Crippen LogP contribution in [0.25, 0.3) is 0 Å². The summed E-state index contributed by atoms with van der Waals surface area (Å²) in [6.07, 6.45) is -0.996. The first-order valence-corrected chi connectivity index (χ1v) is 10.6. The topological polar surface area (TPSA) is 103 Å². The van der Waals surface area contributed by atoms with Gasteiger partial charge in [0.15, 0.2) is 5.79 Å². The van der Waals surface area contributed by atoms with Gasteiger partial charge in [0.1, 0.15) is 17.8 Å². The zero-order chi connectivity index (χ0) is 19.7. The number of sulfonamides is 1. The first kappa shape index (κ1) is 20.2. The molecule has 3 rings (SSSR count).